The van der Waals surface area contributed by atoms with E-state index in [1.807, 2.05) is 0 Å². The van der Waals surface area contributed by atoms with Gasteiger partial charge >= 0.3 is 0 Å². The first-order chi connectivity index (χ1) is 9.76. The third-order valence-electron chi connectivity index (χ3n) is 4.50. The summed E-state index contributed by atoms with van der Waals surface area (Å²) in [7, 11) is 5.07. The minimum absolute atomic E-state index is 0.169. The molecule has 1 atom stereocenters. The molecular formula is C16H22BBrO3. The molecule has 0 aliphatic heterocycles. The van der Waals surface area contributed by atoms with Gasteiger partial charge < -0.3 is 14.9 Å². The maximum absolute atomic E-state index is 9.10. The smallest absolute Gasteiger partial charge is 0.217 e. The van der Waals surface area contributed by atoms with Gasteiger partial charge in [0.15, 0.2) is 7.85 Å². The molecule has 1 aliphatic carbocycles. The van der Waals surface area contributed by atoms with E-state index in [0.29, 0.717) is 11.8 Å². The lowest BCUT2D eigenvalue weighted by Gasteiger charge is -2.35. The van der Waals surface area contributed by atoms with Gasteiger partial charge in [-0.25, -0.2) is 0 Å². The standard InChI is InChI=1S/C16H22BBrO3/c1-10-3-6-13(18)9-15(10)11(2)12-4-7-14(8-5-12)21-16(17,19)20/h3,6,9,11-12,14,19-20H,4-5,7-8H2,1-2H3. The zero-order chi connectivity index (χ0) is 15.6. The topological polar surface area (TPSA) is 49.7 Å². The molecular weight excluding hydrogens is 331 g/mol. The molecule has 0 heterocycles. The van der Waals surface area contributed by atoms with Crippen LogP contribution in [0.25, 0.3) is 0 Å². The summed E-state index contributed by atoms with van der Waals surface area (Å²) in [5.74, 6) is -1.44. The summed E-state index contributed by atoms with van der Waals surface area (Å²) in [5.41, 5.74) is 2.70. The van der Waals surface area contributed by atoms with E-state index in [1.54, 1.807) is 0 Å². The molecule has 1 fully saturated rings. The van der Waals surface area contributed by atoms with Crippen molar-refractivity contribution in [2.75, 3.05) is 0 Å². The molecule has 1 saturated carbocycles. The maximum atomic E-state index is 9.10. The Labute approximate surface area is 136 Å². The second-order valence-corrected chi connectivity index (χ2v) is 7.02. The molecule has 2 radical (unpaired) electrons. The zero-order valence-electron chi connectivity index (χ0n) is 12.6. The fourth-order valence-electron chi connectivity index (χ4n) is 3.31. The summed E-state index contributed by atoms with van der Waals surface area (Å²) >= 11 is 3.54. The Morgan fingerprint density at radius 2 is 1.90 bits per heavy atom. The summed E-state index contributed by atoms with van der Waals surface area (Å²) < 4.78 is 6.15. The molecule has 1 unspecified atom stereocenters. The van der Waals surface area contributed by atoms with Crippen molar-refractivity contribution in [3.8, 4) is 0 Å². The van der Waals surface area contributed by atoms with E-state index < -0.39 is 5.87 Å². The second kappa shape index (κ2) is 6.82. The molecule has 0 spiro atoms. The fraction of sp³-hybridized carbons (Fsp3) is 0.625. The van der Waals surface area contributed by atoms with E-state index >= 15 is 0 Å². The Morgan fingerprint density at radius 3 is 2.48 bits per heavy atom. The van der Waals surface area contributed by atoms with Gasteiger partial charge in [-0.3, -0.25) is 0 Å². The number of aryl methyl sites for hydroxylation is 1. The Hall–Kier alpha value is -0.355. The third kappa shape index (κ3) is 4.81. The summed E-state index contributed by atoms with van der Waals surface area (Å²) in [6.45, 7) is 4.42. The molecule has 21 heavy (non-hydrogen) atoms. The SMILES string of the molecule is [B]C(O)(O)OC1CCC(C(C)c2cc(Br)ccc2C)CC1. The maximum Gasteiger partial charge on any atom is 0.217 e. The average Bonchev–Trinajstić information content (AvgIpc) is 2.40. The molecule has 114 valence electrons. The van der Waals surface area contributed by atoms with Gasteiger partial charge in [-0.1, -0.05) is 28.9 Å². The van der Waals surface area contributed by atoms with E-state index in [4.69, 9.17) is 22.8 Å². The predicted octanol–water partition coefficient (Wildman–Crippen LogP) is 3.20. The lowest BCUT2D eigenvalue weighted by atomic mass is 9.76. The number of aliphatic hydroxyl groups is 2. The van der Waals surface area contributed by atoms with E-state index in [1.165, 1.54) is 11.1 Å². The van der Waals surface area contributed by atoms with Crippen molar-refractivity contribution < 1.29 is 14.9 Å². The van der Waals surface area contributed by atoms with Crippen LogP contribution in [0.5, 0.6) is 0 Å². The summed E-state index contributed by atoms with van der Waals surface area (Å²) in [6.07, 6.45) is 3.46. The van der Waals surface area contributed by atoms with Crippen molar-refractivity contribution in [3.05, 3.63) is 33.8 Å². The van der Waals surface area contributed by atoms with Gasteiger partial charge in [-0.2, -0.15) is 0 Å². The lowest BCUT2D eigenvalue weighted by Crippen LogP contribution is -2.38. The van der Waals surface area contributed by atoms with Crippen LogP contribution < -0.4 is 0 Å². The summed E-state index contributed by atoms with van der Waals surface area (Å²) in [5, 5.41) is 18.2. The van der Waals surface area contributed by atoms with Crippen LogP contribution >= 0.6 is 15.9 Å². The van der Waals surface area contributed by atoms with Crippen LogP contribution in [0.1, 0.15) is 49.7 Å². The Bertz CT molecular complexity index is 479. The van der Waals surface area contributed by atoms with Gasteiger partial charge in [0.1, 0.15) is 0 Å². The Kier molecular flexibility index (Phi) is 5.52. The van der Waals surface area contributed by atoms with Crippen LogP contribution in [-0.4, -0.2) is 30.0 Å². The van der Waals surface area contributed by atoms with Gasteiger partial charge in [0, 0.05) is 4.47 Å². The number of benzene rings is 1. The highest BCUT2D eigenvalue weighted by molar-refractivity contribution is 9.10. The minimum atomic E-state index is -2.51. The molecule has 2 N–H and O–H groups in total. The molecule has 0 amide bonds. The number of ether oxygens (including phenoxy) is 1. The molecule has 1 aliphatic rings. The molecule has 1 aromatic carbocycles. The highest BCUT2D eigenvalue weighted by Crippen LogP contribution is 2.38. The van der Waals surface area contributed by atoms with Gasteiger partial charge in [0.2, 0.25) is 5.87 Å². The van der Waals surface area contributed by atoms with Crippen molar-refractivity contribution in [2.45, 2.75) is 57.4 Å². The van der Waals surface area contributed by atoms with Crippen LogP contribution in [0.3, 0.4) is 0 Å². The number of halogens is 1. The summed E-state index contributed by atoms with van der Waals surface area (Å²) in [6, 6.07) is 6.42. The Balaban J connectivity index is 1.97. The van der Waals surface area contributed by atoms with Crippen LogP contribution in [0.2, 0.25) is 0 Å². The number of rotatable bonds is 4. The molecule has 5 heteroatoms. The van der Waals surface area contributed by atoms with E-state index in [2.05, 4.69) is 48.0 Å². The number of hydrogen-bond acceptors (Lipinski definition) is 3. The highest BCUT2D eigenvalue weighted by Gasteiger charge is 2.30. The highest BCUT2D eigenvalue weighted by atomic mass is 79.9. The quantitative estimate of drug-likeness (QED) is 0.646. The van der Waals surface area contributed by atoms with Crippen molar-refractivity contribution in [3.63, 3.8) is 0 Å². The lowest BCUT2D eigenvalue weighted by molar-refractivity contribution is -0.298. The predicted molar refractivity (Wildman–Crippen MR) is 87.0 cm³/mol. The van der Waals surface area contributed by atoms with Gasteiger partial charge in [-0.05, 0) is 67.7 Å². The normalized spacial score (nSPS) is 24.8. The van der Waals surface area contributed by atoms with Crippen LogP contribution in [0.4, 0.5) is 0 Å². The average molecular weight is 353 g/mol. The van der Waals surface area contributed by atoms with Crippen molar-refractivity contribution >= 4 is 23.8 Å². The monoisotopic (exact) mass is 352 g/mol. The first-order valence-corrected chi connectivity index (χ1v) is 8.23. The van der Waals surface area contributed by atoms with E-state index in [9.17, 15) is 0 Å². The van der Waals surface area contributed by atoms with Crippen LogP contribution in [-0.2, 0) is 4.74 Å². The zero-order valence-corrected chi connectivity index (χ0v) is 14.1. The molecule has 1 aromatic rings. The molecule has 2 rings (SSSR count). The number of hydrogen-bond donors (Lipinski definition) is 2. The molecule has 3 nitrogen and oxygen atoms in total. The van der Waals surface area contributed by atoms with Crippen molar-refractivity contribution in [1.82, 2.24) is 0 Å². The van der Waals surface area contributed by atoms with Crippen molar-refractivity contribution in [2.24, 2.45) is 5.92 Å². The molecule has 0 bridgehead atoms. The minimum Gasteiger partial charge on any atom is -0.353 e. The second-order valence-electron chi connectivity index (χ2n) is 6.10. The summed E-state index contributed by atoms with van der Waals surface area (Å²) in [4.78, 5) is 0. The van der Waals surface area contributed by atoms with E-state index in [0.717, 1.165) is 30.2 Å². The van der Waals surface area contributed by atoms with Crippen LogP contribution in [0, 0.1) is 12.8 Å². The van der Waals surface area contributed by atoms with Gasteiger partial charge in [0.05, 0.1) is 6.10 Å². The first-order valence-electron chi connectivity index (χ1n) is 7.44. The third-order valence-corrected chi connectivity index (χ3v) is 4.99. The van der Waals surface area contributed by atoms with Gasteiger partial charge in [0.25, 0.3) is 0 Å². The largest absolute Gasteiger partial charge is 0.353 e. The fourth-order valence-corrected chi connectivity index (χ4v) is 3.69. The van der Waals surface area contributed by atoms with E-state index in [-0.39, 0.29) is 6.10 Å². The van der Waals surface area contributed by atoms with Gasteiger partial charge in [-0.15, -0.1) is 0 Å². The molecule has 0 saturated heterocycles. The first kappa shape index (κ1) is 17.0. The van der Waals surface area contributed by atoms with Crippen LogP contribution in [0.15, 0.2) is 22.7 Å². The Morgan fingerprint density at radius 1 is 1.29 bits per heavy atom. The van der Waals surface area contributed by atoms with Crippen molar-refractivity contribution in [1.29, 1.82) is 0 Å². The molecule has 0 aromatic heterocycles.